The van der Waals surface area contributed by atoms with Crippen molar-refractivity contribution in [3.63, 3.8) is 0 Å². The Labute approximate surface area is 88.7 Å². The van der Waals surface area contributed by atoms with Crippen LogP contribution in [0.1, 0.15) is 0 Å². The molecule has 1 saturated heterocycles. The molecule has 0 saturated carbocycles. The number of hydrogen-bond donors (Lipinski definition) is 2. The van der Waals surface area contributed by atoms with E-state index in [2.05, 4.69) is 15.3 Å². The first-order valence-electron chi connectivity index (χ1n) is 5.13. The van der Waals surface area contributed by atoms with Crippen LogP contribution in [0.2, 0.25) is 0 Å². The largest absolute Gasteiger partial charge is 0.379 e. The minimum absolute atomic E-state index is 0.889. The van der Waals surface area contributed by atoms with E-state index in [9.17, 15) is 0 Å². The molecule has 2 N–H and O–H groups in total. The molecule has 1 aliphatic rings. The number of morpholine rings is 1. The molecule has 0 spiro atoms. The van der Waals surface area contributed by atoms with E-state index in [4.69, 9.17) is 4.74 Å². The Morgan fingerprint density at radius 1 is 1.13 bits per heavy atom. The van der Waals surface area contributed by atoms with Crippen LogP contribution in [0.25, 0.3) is 11.0 Å². The summed E-state index contributed by atoms with van der Waals surface area (Å²) >= 11 is 0. The second-order valence-corrected chi connectivity index (χ2v) is 3.28. The topological polar surface area (TPSA) is 49.9 Å². The fourth-order valence-corrected chi connectivity index (χ4v) is 1.40. The molecule has 4 heteroatoms. The molecule has 2 heterocycles. The number of nitrogens with one attached hydrogen (secondary N) is 2. The third-order valence-electron chi connectivity index (χ3n) is 2.17. The van der Waals surface area contributed by atoms with Crippen molar-refractivity contribution in [2.24, 2.45) is 0 Å². The van der Waals surface area contributed by atoms with Gasteiger partial charge in [0.2, 0.25) is 0 Å². The number of aromatic amines is 1. The van der Waals surface area contributed by atoms with E-state index in [1.165, 1.54) is 0 Å². The number of ether oxygens (including phenoxy) is 1. The number of benzene rings is 1. The number of imidazole rings is 1. The molecule has 80 valence electrons. The lowest BCUT2D eigenvalue weighted by Gasteiger charge is -2.10. The molecule has 0 amide bonds. The Kier molecular flexibility index (Phi) is 3.70. The summed E-state index contributed by atoms with van der Waals surface area (Å²) in [4.78, 5) is 7.07. The highest BCUT2D eigenvalue weighted by Gasteiger charge is 1.93. The molecule has 0 unspecified atom stereocenters. The Morgan fingerprint density at radius 3 is 2.53 bits per heavy atom. The molecule has 1 aromatic heterocycles. The van der Waals surface area contributed by atoms with Crippen LogP contribution < -0.4 is 5.32 Å². The first-order valence-corrected chi connectivity index (χ1v) is 5.13. The van der Waals surface area contributed by atoms with E-state index in [-0.39, 0.29) is 0 Å². The second-order valence-electron chi connectivity index (χ2n) is 3.28. The number of fused-ring (bicyclic) bond motifs is 1. The first kappa shape index (κ1) is 10.1. The highest BCUT2D eigenvalue weighted by molar-refractivity contribution is 5.73. The highest BCUT2D eigenvalue weighted by Crippen LogP contribution is 2.05. The third-order valence-corrected chi connectivity index (χ3v) is 2.17. The van der Waals surface area contributed by atoms with Gasteiger partial charge in [0.1, 0.15) is 0 Å². The molecule has 3 rings (SSSR count). The maximum atomic E-state index is 5.01. The number of hydrogen-bond acceptors (Lipinski definition) is 3. The van der Waals surface area contributed by atoms with Crippen molar-refractivity contribution >= 4 is 11.0 Å². The van der Waals surface area contributed by atoms with E-state index in [0.29, 0.717) is 0 Å². The monoisotopic (exact) mass is 205 g/mol. The maximum Gasteiger partial charge on any atom is 0.0931 e. The second kappa shape index (κ2) is 5.48. The molecule has 15 heavy (non-hydrogen) atoms. The van der Waals surface area contributed by atoms with Crippen LogP contribution in [0, 0.1) is 0 Å². The van der Waals surface area contributed by atoms with Gasteiger partial charge in [-0.05, 0) is 12.1 Å². The fraction of sp³-hybridized carbons (Fsp3) is 0.364. The molecular formula is C11H15N3O. The summed E-state index contributed by atoms with van der Waals surface area (Å²) in [6.07, 6.45) is 1.70. The van der Waals surface area contributed by atoms with Gasteiger partial charge in [-0.3, -0.25) is 0 Å². The molecular weight excluding hydrogens is 190 g/mol. The van der Waals surface area contributed by atoms with Crippen LogP contribution in [-0.2, 0) is 4.74 Å². The van der Waals surface area contributed by atoms with Gasteiger partial charge in [-0.25, -0.2) is 4.98 Å². The van der Waals surface area contributed by atoms with E-state index in [1.807, 2.05) is 24.3 Å². The van der Waals surface area contributed by atoms with Crippen molar-refractivity contribution in [2.45, 2.75) is 0 Å². The zero-order valence-electron chi connectivity index (χ0n) is 8.57. The van der Waals surface area contributed by atoms with E-state index >= 15 is 0 Å². The van der Waals surface area contributed by atoms with Crippen molar-refractivity contribution in [2.75, 3.05) is 26.3 Å². The minimum atomic E-state index is 0.889. The summed E-state index contributed by atoms with van der Waals surface area (Å²) in [6.45, 7) is 3.83. The van der Waals surface area contributed by atoms with Gasteiger partial charge in [-0.2, -0.15) is 0 Å². The van der Waals surface area contributed by atoms with Crippen LogP contribution in [0.15, 0.2) is 30.6 Å². The first-order chi connectivity index (χ1) is 7.47. The smallest absolute Gasteiger partial charge is 0.0931 e. The van der Waals surface area contributed by atoms with E-state index in [1.54, 1.807) is 6.33 Å². The predicted octanol–water partition coefficient (Wildman–Crippen LogP) is 1.17. The molecule has 0 atom stereocenters. The average molecular weight is 205 g/mol. The lowest BCUT2D eigenvalue weighted by Crippen LogP contribution is -2.30. The van der Waals surface area contributed by atoms with Crippen LogP contribution in [0.3, 0.4) is 0 Å². The lowest BCUT2D eigenvalue weighted by molar-refractivity contribution is 0.109. The molecule has 2 aromatic rings. The quantitative estimate of drug-likeness (QED) is 0.678. The average Bonchev–Trinajstić information content (AvgIpc) is 2.80. The molecule has 0 aliphatic carbocycles. The molecule has 0 radical (unpaired) electrons. The van der Waals surface area contributed by atoms with Gasteiger partial charge >= 0.3 is 0 Å². The van der Waals surface area contributed by atoms with Crippen molar-refractivity contribution < 1.29 is 4.74 Å². The fourth-order valence-electron chi connectivity index (χ4n) is 1.40. The summed E-state index contributed by atoms with van der Waals surface area (Å²) < 4.78 is 5.01. The number of nitrogens with zero attached hydrogens (tertiary/aromatic N) is 1. The van der Waals surface area contributed by atoms with Crippen LogP contribution in [-0.4, -0.2) is 36.3 Å². The molecule has 1 fully saturated rings. The molecule has 0 bridgehead atoms. The number of aromatic nitrogens is 2. The van der Waals surface area contributed by atoms with Crippen LogP contribution in [0.5, 0.6) is 0 Å². The van der Waals surface area contributed by atoms with Gasteiger partial charge in [0.05, 0.1) is 30.6 Å². The molecule has 1 aliphatic heterocycles. The summed E-state index contributed by atoms with van der Waals surface area (Å²) in [6, 6.07) is 7.94. The van der Waals surface area contributed by atoms with Crippen LogP contribution >= 0.6 is 0 Å². The summed E-state index contributed by atoms with van der Waals surface area (Å²) in [5.74, 6) is 0. The van der Waals surface area contributed by atoms with Gasteiger partial charge < -0.3 is 15.0 Å². The zero-order valence-corrected chi connectivity index (χ0v) is 8.57. The van der Waals surface area contributed by atoms with Gasteiger partial charge in [-0.1, -0.05) is 12.1 Å². The number of para-hydroxylation sites is 2. The van der Waals surface area contributed by atoms with E-state index in [0.717, 1.165) is 37.3 Å². The highest BCUT2D eigenvalue weighted by atomic mass is 16.5. The predicted molar refractivity (Wildman–Crippen MR) is 59.8 cm³/mol. The van der Waals surface area contributed by atoms with Gasteiger partial charge in [0.15, 0.2) is 0 Å². The Balaban J connectivity index is 0.000000124. The van der Waals surface area contributed by atoms with Gasteiger partial charge in [0.25, 0.3) is 0 Å². The Bertz CT molecular complexity index is 354. The number of H-pyrrole nitrogens is 1. The van der Waals surface area contributed by atoms with E-state index < -0.39 is 0 Å². The van der Waals surface area contributed by atoms with Crippen molar-refractivity contribution in [1.82, 2.24) is 15.3 Å². The SMILES string of the molecule is C1COCCN1.c1ccc2[nH]cnc2c1. The summed E-state index contributed by atoms with van der Waals surface area (Å²) in [5, 5.41) is 3.16. The molecule has 1 aromatic carbocycles. The zero-order chi connectivity index (χ0) is 10.3. The maximum absolute atomic E-state index is 5.01. The number of rotatable bonds is 0. The normalized spacial score (nSPS) is 15.7. The minimum Gasteiger partial charge on any atom is -0.379 e. The van der Waals surface area contributed by atoms with Crippen LogP contribution in [0.4, 0.5) is 0 Å². The Hall–Kier alpha value is -1.39. The van der Waals surface area contributed by atoms with Crippen molar-refractivity contribution in [1.29, 1.82) is 0 Å². The van der Waals surface area contributed by atoms with Gasteiger partial charge in [0, 0.05) is 13.1 Å². The summed E-state index contributed by atoms with van der Waals surface area (Å²) in [7, 11) is 0. The molecule has 4 nitrogen and oxygen atoms in total. The standard InChI is InChI=1S/C7H6N2.C4H9NO/c1-2-4-7-6(3-1)8-5-9-7;1-3-6-4-2-5-1/h1-5H,(H,8,9);5H,1-4H2. The van der Waals surface area contributed by atoms with Crippen molar-refractivity contribution in [3.05, 3.63) is 30.6 Å². The summed E-state index contributed by atoms with van der Waals surface area (Å²) in [5.41, 5.74) is 2.12. The lowest BCUT2D eigenvalue weighted by atomic mass is 10.3. The van der Waals surface area contributed by atoms with Gasteiger partial charge in [-0.15, -0.1) is 0 Å². The third kappa shape index (κ3) is 3.04. The Morgan fingerprint density at radius 2 is 1.93 bits per heavy atom. The van der Waals surface area contributed by atoms with Crippen molar-refractivity contribution in [3.8, 4) is 0 Å².